The van der Waals surface area contributed by atoms with Crippen LogP contribution >= 0.6 is 15.9 Å². The number of hydrogen-bond donors (Lipinski definition) is 0. The van der Waals surface area contributed by atoms with E-state index in [2.05, 4.69) is 15.9 Å². The topological polar surface area (TPSA) is 59.8 Å². The number of ether oxygens (including phenoxy) is 1. The van der Waals surface area contributed by atoms with Crippen molar-refractivity contribution in [3.63, 3.8) is 0 Å². The molecule has 0 N–H and O–H groups in total. The number of aryl methyl sites for hydroxylation is 2. The predicted octanol–water partition coefficient (Wildman–Crippen LogP) is 4.36. The molecule has 28 heavy (non-hydrogen) atoms. The number of nitrogens with zero attached hydrogens (tertiary/aromatic N) is 1. The maximum atomic E-state index is 13.5. The third-order valence-electron chi connectivity index (χ3n) is 5.13. The monoisotopic (exact) mass is 441 g/mol. The van der Waals surface area contributed by atoms with Gasteiger partial charge in [0.2, 0.25) is 5.76 Å². The Morgan fingerprint density at radius 2 is 1.86 bits per heavy atom. The third kappa shape index (κ3) is 2.97. The molecule has 1 amide bonds. The SMILES string of the molecule is COCCN1C(=O)c2oc3cc(C)cc(C)c3c(=O)c2C1c1ccc(Br)cc1. The molecule has 0 saturated heterocycles. The number of hydrogen-bond acceptors (Lipinski definition) is 4. The van der Waals surface area contributed by atoms with Crippen molar-refractivity contribution in [2.45, 2.75) is 19.9 Å². The number of fused-ring (bicyclic) bond motifs is 2. The number of carbonyl (C=O) groups excluding carboxylic acids is 1. The summed E-state index contributed by atoms with van der Waals surface area (Å²) in [6, 6.07) is 10.9. The van der Waals surface area contributed by atoms with Crippen LogP contribution in [0.2, 0.25) is 0 Å². The number of methoxy groups -OCH3 is 1. The Hall–Kier alpha value is -2.44. The van der Waals surface area contributed by atoms with Gasteiger partial charge in [0.15, 0.2) is 5.43 Å². The van der Waals surface area contributed by atoms with E-state index in [9.17, 15) is 9.59 Å². The second-order valence-corrected chi connectivity index (χ2v) is 7.99. The van der Waals surface area contributed by atoms with Crippen LogP contribution in [0.3, 0.4) is 0 Å². The highest BCUT2D eigenvalue weighted by molar-refractivity contribution is 9.10. The molecule has 5 nitrogen and oxygen atoms in total. The van der Waals surface area contributed by atoms with Crippen LogP contribution in [-0.2, 0) is 4.74 Å². The molecule has 3 aromatic rings. The molecule has 0 aliphatic carbocycles. The lowest BCUT2D eigenvalue weighted by Gasteiger charge is -2.24. The Bertz CT molecular complexity index is 1130. The molecule has 1 aliphatic heterocycles. The summed E-state index contributed by atoms with van der Waals surface area (Å²) in [6.07, 6.45) is 0. The van der Waals surface area contributed by atoms with Crippen molar-refractivity contribution in [1.82, 2.24) is 4.90 Å². The zero-order valence-electron chi connectivity index (χ0n) is 15.9. The van der Waals surface area contributed by atoms with Gasteiger partial charge in [-0.2, -0.15) is 0 Å². The molecular weight excluding hydrogens is 422 g/mol. The van der Waals surface area contributed by atoms with E-state index < -0.39 is 6.04 Å². The second-order valence-electron chi connectivity index (χ2n) is 7.07. The Balaban J connectivity index is 2.00. The van der Waals surface area contributed by atoms with Crippen LogP contribution in [-0.4, -0.2) is 31.1 Å². The fraction of sp³-hybridized carbons (Fsp3) is 0.273. The van der Waals surface area contributed by atoms with Gasteiger partial charge in [-0.05, 0) is 48.7 Å². The molecule has 1 unspecified atom stereocenters. The number of amides is 1. The highest BCUT2D eigenvalue weighted by Gasteiger charge is 2.42. The fourth-order valence-corrected chi connectivity index (χ4v) is 4.19. The Morgan fingerprint density at radius 3 is 2.54 bits per heavy atom. The summed E-state index contributed by atoms with van der Waals surface area (Å²) in [4.78, 5) is 28.3. The maximum Gasteiger partial charge on any atom is 0.290 e. The molecule has 2 aromatic carbocycles. The summed E-state index contributed by atoms with van der Waals surface area (Å²) >= 11 is 3.44. The number of rotatable bonds is 4. The van der Waals surface area contributed by atoms with E-state index in [1.807, 2.05) is 50.2 Å². The summed E-state index contributed by atoms with van der Waals surface area (Å²) in [7, 11) is 1.59. The first-order valence-electron chi connectivity index (χ1n) is 9.05. The van der Waals surface area contributed by atoms with Crippen molar-refractivity contribution >= 4 is 32.8 Å². The first-order chi connectivity index (χ1) is 13.4. The van der Waals surface area contributed by atoms with Gasteiger partial charge in [-0.25, -0.2) is 0 Å². The lowest BCUT2D eigenvalue weighted by molar-refractivity contribution is 0.0663. The van der Waals surface area contributed by atoms with Crippen molar-refractivity contribution in [3.8, 4) is 0 Å². The smallest absolute Gasteiger partial charge is 0.290 e. The second kappa shape index (κ2) is 7.18. The van der Waals surface area contributed by atoms with Gasteiger partial charge in [0.05, 0.1) is 23.6 Å². The molecular formula is C22H20BrNO4. The van der Waals surface area contributed by atoms with E-state index in [0.717, 1.165) is 21.2 Å². The zero-order valence-corrected chi connectivity index (χ0v) is 17.5. The van der Waals surface area contributed by atoms with E-state index in [1.165, 1.54) is 0 Å². The lowest BCUT2D eigenvalue weighted by Crippen LogP contribution is -2.32. The van der Waals surface area contributed by atoms with Crippen molar-refractivity contribution in [2.75, 3.05) is 20.3 Å². The van der Waals surface area contributed by atoms with Gasteiger partial charge in [0.1, 0.15) is 5.58 Å². The minimum Gasteiger partial charge on any atom is -0.450 e. The van der Waals surface area contributed by atoms with Gasteiger partial charge in [-0.1, -0.05) is 34.1 Å². The molecule has 4 rings (SSSR count). The Kier molecular flexibility index (Phi) is 4.85. The van der Waals surface area contributed by atoms with Crippen molar-refractivity contribution < 1.29 is 13.9 Å². The quantitative estimate of drug-likeness (QED) is 0.603. The van der Waals surface area contributed by atoms with Gasteiger partial charge in [0.25, 0.3) is 5.91 Å². The molecule has 144 valence electrons. The lowest BCUT2D eigenvalue weighted by atomic mass is 9.97. The number of halogens is 1. The fourth-order valence-electron chi connectivity index (χ4n) is 3.93. The molecule has 1 atom stereocenters. The molecule has 0 bridgehead atoms. The normalized spacial score (nSPS) is 16.1. The van der Waals surface area contributed by atoms with E-state index in [4.69, 9.17) is 9.15 Å². The summed E-state index contributed by atoms with van der Waals surface area (Å²) in [5.41, 5.74) is 3.42. The molecule has 0 fully saturated rings. The number of benzene rings is 2. The van der Waals surface area contributed by atoms with Crippen LogP contribution in [0.25, 0.3) is 11.0 Å². The highest BCUT2D eigenvalue weighted by Crippen LogP contribution is 2.38. The van der Waals surface area contributed by atoms with E-state index >= 15 is 0 Å². The summed E-state index contributed by atoms with van der Waals surface area (Å²) in [6.45, 7) is 4.58. The van der Waals surface area contributed by atoms with Crippen LogP contribution in [0, 0.1) is 13.8 Å². The molecule has 0 radical (unpaired) electrons. The standard InChI is InChI=1S/C22H20BrNO4/c1-12-10-13(2)17-16(11-12)28-21-18(20(17)25)19(14-4-6-15(23)7-5-14)24(22(21)26)8-9-27-3/h4-7,10-11,19H,8-9H2,1-3H3. The molecule has 2 heterocycles. The van der Waals surface area contributed by atoms with E-state index in [-0.39, 0.29) is 17.1 Å². The molecule has 0 saturated carbocycles. The average Bonchev–Trinajstić information content (AvgIpc) is 2.92. The van der Waals surface area contributed by atoms with E-state index in [0.29, 0.717) is 29.7 Å². The van der Waals surface area contributed by atoms with E-state index in [1.54, 1.807) is 12.0 Å². The van der Waals surface area contributed by atoms with Gasteiger partial charge >= 0.3 is 0 Å². The van der Waals surface area contributed by atoms with Gasteiger partial charge < -0.3 is 14.1 Å². The molecule has 0 spiro atoms. The van der Waals surface area contributed by atoms with Gasteiger partial charge in [-0.15, -0.1) is 0 Å². The zero-order chi connectivity index (χ0) is 20.0. The first kappa shape index (κ1) is 18.9. The molecule has 1 aromatic heterocycles. The van der Waals surface area contributed by atoms with Gasteiger partial charge in [-0.3, -0.25) is 9.59 Å². The maximum absolute atomic E-state index is 13.5. The summed E-state index contributed by atoms with van der Waals surface area (Å²) in [5.74, 6) is -0.148. The average molecular weight is 442 g/mol. The minimum absolute atomic E-state index is 0.131. The Morgan fingerprint density at radius 1 is 1.14 bits per heavy atom. The molecule has 1 aliphatic rings. The van der Waals surface area contributed by atoms with Crippen LogP contribution in [0.1, 0.15) is 38.9 Å². The van der Waals surface area contributed by atoms with Gasteiger partial charge in [0, 0.05) is 18.1 Å². The highest BCUT2D eigenvalue weighted by atomic mass is 79.9. The van der Waals surface area contributed by atoms with Crippen LogP contribution in [0.4, 0.5) is 0 Å². The minimum atomic E-state index is -0.493. The van der Waals surface area contributed by atoms with Crippen molar-refractivity contribution in [3.05, 3.63) is 79.1 Å². The first-order valence-corrected chi connectivity index (χ1v) is 9.85. The van der Waals surface area contributed by atoms with Crippen LogP contribution in [0.15, 0.2) is 50.1 Å². The predicted molar refractivity (Wildman–Crippen MR) is 111 cm³/mol. The van der Waals surface area contributed by atoms with Crippen LogP contribution in [0.5, 0.6) is 0 Å². The van der Waals surface area contributed by atoms with Crippen molar-refractivity contribution in [2.24, 2.45) is 0 Å². The van der Waals surface area contributed by atoms with Crippen molar-refractivity contribution in [1.29, 1.82) is 0 Å². The summed E-state index contributed by atoms with van der Waals surface area (Å²) in [5, 5.41) is 0.535. The third-order valence-corrected chi connectivity index (χ3v) is 5.66. The summed E-state index contributed by atoms with van der Waals surface area (Å²) < 4.78 is 12.1. The Labute approximate surface area is 171 Å². The molecule has 6 heteroatoms. The largest absolute Gasteiger partial charge is 0.450 e. The van der Waals surface area contributed by atoms with Crippen LogP contribution < -0.4 is 5.43 Å². The number of carbonyl (C=O) groups is 1.